The van der Waals surface area contributed by atoms with Gasteiger partial charge in [-0.2, -0.15) is 5.10 Å². The Labute approximate surface area is 133 Å². The maximum atomic E-state index is 5.41. The molecule has 0 N–H and O–H groups in total. The Morgan fingerprint density at radius 1 is 0.870 bits per heavy atom. The number of para-hydroxylation sites is 1. The van der Waals surface area contributed by atoms with E-state index in [0.717, 1.165) is 27.5 Å². The molecule has 0 radical (unpaired) electrons. The Balaban J connectivity index is 2.01. The first-order valence-corrected chi connectivity index (χ1v) is 7.25. The van der Waals surface area contributed by atoms with Gasteiger partial charge < -0.3 is 9.47 Å². The Kier molecular flexibility index (Phi) is 3.12. The molecule has 0 atom stereocenters. The minimum absolute atomic E-state index is 0.691. The summed E-state index contributed by atoms with van der Waals surface area (Å²) in [7, 11) is 3.26. The molecule has 114 valence electrons. The number of nitrogens with zero attached hydrogens (tertiary/aromatic N) is 3. The number of ether oxygens (including phenoxy) is 2. The molecule has 0 unspecified atom stereocenters. The lowest BCUT2D eigenvalue weighted by Crippen LogP contribution is -1.97. The largest absolute Gasteiger partial charge is 0.493 e. The van der Waals surface area contributed by atoms with Crippen LogP contribution < -0.4 is 9.47 Å². The summed E-state index contributed by atoms with van der Waals surface area (Å²) in [6.45, 7) is 0. The topological polar surface area (TPSA) is 49.2 Å². The number of methoxy groups -OCH3 is 2. The standard InChI is InChI=1S/C18H15N3O2/c1-22-16-8-12-10-19-18-15(14(12)9-17(16)23-2)11-20-21(18)13-6-4-3-5-7-13/h3-11H,1-2H3. The van der Waals surface area contributed by atoms with Gasteiger partial charge in [0, 0.05) is 17.0 Å². The minimum atomic E-state index is 0.691. The summed E-state index contributed by atoms with van der Waals surface area (Å²) in [4.78, 5) is 4.58. The van der Waals surface area contributed by atoms with E-state index in [4.69, 9.17) is 9.47 Å². The average Bonchev–Trinajstić information content (AvgIpc) is 3.05. The summed E-state index contributed by atoms with van der Waals surface area (Å²) in [5.41, 5.74) is 1.80. The third-order valence-electron chi connectivity index (χ3n) is 3.92. The molecule has 5 nitrogen and oxygen atoms in total. The smallest absolute Gasteiger partial charge is 0.163 e. The van der Waals surface area contributed by atoms with Gasteiger partial charge in [-0.1, -0.05) is 18.2 Å². The molecule has 0 saturated carbocycles. The fourth-order valence-electron chi connectivity index (χ4n) is 2.78. The maximum Gasteiger partial charge on any atom is 0.163 e. The van der Waals surface area contributed by atoms with Crippen molar-refractivity contribution in [1.82, 2.24) is 14.8 Å². The van der Waals surface area contributed by atoms with Gasteiger partial charge in [-0.05, 0) is 29.7 Å². The highest BCUT2D eigenvalue weighted by Crippen LogP contribution is 2.35. The van der Waals surface area contributed by atoms with Crippen LogP contribution in [0.25, 0.3) is 27.5 Å². The van der Waals surface area contributed by atoms with Gasteiger partial charge >= 0.3 is 0 Å². The number of pyridine rings is 1. The monoisotopic (exact) mass is 305 g/mol. The molecule has 4 rings (SSSR count). The predicted molar refractivity (Wildman–Crippen MR) is 89.5 cm³/mol. The van der Waals surface area contributed by atoms with Crippen LogP contribution in [0.3, 0.4) is 0 Å². The van der Waals surface area contributed by atoms with Crippen molar-refractivity contribution in [3.63, 3.8) is 0 Å². The lowest BCUT2D eigenvalue weighted by Gasteiger charge is -2.09. The molecule has 0 aliphatic rings. The first-order chi connectivity index (χ1) is 11.3. The Morgan fingerprint density at radius 2 is 1.61 bits per heavy atom. The second-order valence-electron chi connectivity index (χ2n) is 5.18. The molecule has 0 fully saturated rings. The van der Waals surface area contributed by atoms with Crippen molar-refractivity contribution in [2.45, 2.75) is 0 Å². The van der Waals surface area contributed by atoms with Crippen molar-refractivity contribution >= 4 is 21.8 Å². The number of aromatic nitrogens is 3. The zero-order valence-electron chi connectivity index (χ0n) is 12.9. The van der Waals surface area contributed by atoms with E-state index in [1.54, 1.807) is 14.2 Å². The second kappa shape index (κ2) is 5.28. The van der Waals surface area contributed by atoms with Crippen molar-refractivity contribution in [1.29, 1.82) is 0 Å². The van der Waals surface area contributed by atoms with Crippen LogP contribution in [0.4, 0.5) is 0 Å². The fourth-order valence-corrected chi connectivity index (χ4v) is 2.78. The Morgan fingerprint density at radius 3 is 2.35 bits per heavy atom. The van der Waals surface area contributed by atoms with Gasteiger partial charge in [0.1, 0.15) is 0 Å². The molecular weight excluding hydrogens is 290 g/mol. The van der Waals surface area contributed by atoms with E-state index in [2.05, 4.69) is 10.1 Å². The molecule has 23 heavy (non-hydrogen) atoms. The summed E-state index contributed by atoms with van der Waals surface area (Å²) in [6.07, 6.45) is 3.67. The van der Waals surface area contributed by atoms with Crippen LogP contribution in [0.15, 0.2) is 54.9 Å². The average molecular weight is 305 g/mol. The number of hydrogen-bond donors (Lipinski definition) is 0. The van der Waals surface area contributed by atoms with Crippen LogP contribution in [0.1, 0.15) is 0 Å². The zero-order chi connectivity index (χ0) is 15.8. The SMILES string of the molecule is COc1cc2cnc3c(cnn3-c3ccccc3)c2cc1OC. The van der Waals surface area contributed by atoms with E-state index in [9.17, 15) is 0 Å². The highest BCUT2D eigenvalue weighted by molar-refractivity contribution is 6.05. The Bertz CT molecular complexity index is 993. The lowest BCUT2D eigenvalue weighted by atomic mass is 10.1. The van der Waals surface area contributed by atoms with Crippen LogP contribution in [0.5, 0.6) is 11.5 Å². The van der Waals surface area contributed by atoms with E-state index in [0.29, 0.717) is 11.5 Å². The van der Waals surface area contributed by atoms with Gasteiger partial charge in [-0.25, -0.2) is 9.67 Å². The highest BCUT2D eigenvalue weighted by atomic mass is 16.5. The molecule has 0 spiro atoms. The van der Waals surface area contributed by atoms with Gasteiger partial charge in [0.05, 0.1) is 26.1 Å². The van der Waals surface area contributed by atoms with Crippen molar-refractivity contribution in [3.05, 3.63) is 54.9 Å². The summed E-state index contributed by atoms with van der Waals surface area (Å²) in [5, 5.41) is 7.50. The third-order valence-corrected chi connectivity index (χ3v) is 3.92. The normalized spacial score (nSPS) is 11.0. The van der Waals surface area contributed by atoms with Crippen molar-refractivity contribution < 1.29 is 9.47 Å². The van der Waals surface area contributed by atoms with E-state index in [1.165, 1.54) is 0 Å². The van der Waals surface area contributed by atoms with Gasteiger partial charge in [-0.15, -0.1) is 0 Å². The van der Waals surface area contributed by atoms with E-state index >= 15 is 0 Å². The van der Waals surface area contributed by atoms with Crippen LogP contribution in [0.2, 0.25) is 0 Å². The molecule has 2 aromatic heterocycles. The molecular formula is C18H15N3O2. The van der Waals surface area contributed by atoms with Gasteiger partial charge in [0.2, 0.25) is 0 Å². The van der Waals surface area contributed by atoms with Crippen molar-refractivity contribution in [3.8, 4) is 17.2 Å². The van der Waals surface area contributed by atoms with Crippen molar-refractivity contribution in [2.24, 2.45) is 0 Å². The molecule has 5 heteroatoms. The number of benzene rings is 2. The molecule has 4 aromatic rings. The molecule has 0 amide bonds. The van der Waals surface area contributed by atoms with Crippen LogP contribution in [0, 0.1) is 0 Å². The number of rotatable bonds is 3. The van der Waals surface area contributed by atoms with Crippen LogP contribution >= 0.6 is 0 Å². The maximum absolute atomic E-state index is 5.41. The minimum Gasteiger partial charge on any atom is -0.493 e. The highest BCUT2D eigenvalue weighted by Gasteiger charge is 2.13. The summed E-state index contributed by atoms with van der Waals surface area (Å²) in [6, 6.07) is 13.9. The number of fused-ring (bicyclic) bond motifs is 3. The van der Waals surface area contributed by atoms with Crippen molar-refractivity contribution in [2.75, 3.05) is 14.2 Å². The summed E-state index contributed by atoms with van der Waals surface area (Å²) < 4.78 is 12.6. The van der Waals surface area contributed by atoms with Crippen LogP contribution in [-0.4, -0.2) is 29.0 Å². The summed E-state index contributed by atoms with van der Waals surface area (Å²) in [5.74, 6) is 1.39. The van der Waals surface area contributed by atoms with Crippen LogP contribution in [-0.2, 0) is 0 Å². The molecule has 0 aliphatic heterocycles. The van der Waals surface area contributed by atoms with Gasteiger partial charge in [0.25, 0.3) is 0 Å². The fraction of sp³-hybridized carbons (Fsp3) is 0.111. The first kappa shape index (κ1) is 13.6. The summed E-state index contributed by atoms with van der Waals surface area (Å²) >= 11 is 0. The van der Waals surface area contributed by atoms with E-state index < -0.39 is 0 Å². The second-order valence-corrected chi connectivity index (χ2v) is 5.18. The van der Waals surface area contributed by atoms with E-state index in [-0.39, 0.29) is 0 Å². The molecule has 0 bridgehead atoms. The van der Waals surface area contributed by atoms with E-state index in [1.807, 2.05) is 59.5 Å². The molecule has 0 aliphatic carbocycles. The third kappa shape index (κ3) is 2.09. The molecule has 2 aromatic carbocycles. The first-order valence-electron chi connectivity index (χ1n) is 7.25. The zero-order valence-corrected chi connectivity index (χ0v) is 12.9. The number of hydrogen-bond acceptors (Lipinski definition) is 4. The lowest BCUT2D eigenvalue weighted by molar-refractivity contribution is 0.356. The van der Waals surface area contributed by atoms with Gasteiger partial charge in [-0.3, -0.25) is 0 Å². The quantitative estimate of drug-likeness (QED) is 0.580. The Hall–Kier alpha value is -3.08. The predicted octanol–water partition coefficient (Wildman–Crippen LogP) is 3.59. The molecule has 0 saturated heterocycles. The van der Waals surface area contributed by atoms with Gasteiger partial charge in [0.15, 0.2) is 17.1 Å². The molecule has 2 heterocycles.